The fraction of sp³-hybridized carbons (Fsp3) is 0.480. The second-order valence-electron chi connectivity index (χ2n) is 9.11. The largest absolute Gasteiger partial charge is 0.381 e. The highest BCUT2D eigenvalue weighted by Gasteiger charge is 2.32. The van der Waals surface area contributed by atoms with Gasteiger partial charge < -0.3 is 15.7 Å². The maximum Gasteiger partial charge on any atom is 0.257 e. The normalized spacial score (nSPS) is 20.5. The highest BCUT2D eigenvalue weighted by molar-refractivity contribution is 5.92. The Morgan fingerprint density at radius 1 is 1.28 bits per heavy atom. The summed E-state index contributed by atoms with van der Waals surface area (Å²) in [7, 11) is 0. The minimum absolute atomic E-state index is 0.151. The Balaban J connectivity index is 1.86. The summed E-state index contributed by atoms with van der Waals surface area (Å²) in [6.45, 7) is 6.94. The number of nitrogens with one attached hydrogen (secondary N) is 3. The summed E-state index contributed by atoms with van der Waals surface area (Å²) in [6.07, 6.45) is 8.71. The molecule has 0 amide bonds. The molecule has 4 rings (SSSR count). The maximum atomic E-state index is 12.9. The first-order valence-corrected chi connectivity index (χ1v) is 11.7. The molecule has 5 N–H and O–H groups in total. The van der Waals surface area contributed by atoms with Crippen molar-refractivity contribution in [2.45, 2.75) is 77.4 Å². The lowest BCUT2D eigenvalue weighted by atomic mass is 9.88. The third kappa shape index (κ3) is 4.21. The van der Waals surface area contributed by atoms with Crippen molar-refractivity contribution in [3.63, 3.8) is 0 Å². The van der Waals surface area contributed by atoms with E-state index in [2.05, 4.69) is 52.8 Å². The summed E-state index contributed by atoms with van der Waals surface area (Å²) in [6, 6.07) is 9.57. The van der Waals surface area contributed by atoms with E-state index in [0.717, 1.165) is 30.2 Å². The number of nitrogens with zero attached hydrogens (tertiary/aromatic N) is 2. The van der Waals surface area contributed by atoms with E-state index < -0.39 is 0 Å². The van der Waals surface area contributed by atoms with E-state index in [0.29, 0.717) is 29.4 Å². The number of rotatable bonds is 7. The number of nitrogens with two attached hydrogens (primary N) is 1. The molecule has 170 valence electrons. The Morgan fingerprint density at radius 2 is 2.03 bits per heavy atom. The molecule has 1 aliphatic rings. The molecule has 0 aliphatic carbocycles. The molecule has 0 saturated carbocycles. The lowest BCUT2D eigenvalue weighted by Crippen LogP contribution is -2.46. The zero-order valence-corrected chi connectivity index (χ0v) is 19.2. The quantitative estimate of drug-likeness (QED) is 0.319. The lowest BCUT2D eigenvalue weighted by Gasteiger charge is -2.45. The average Bonchev–Trinajstić information content (AvgIpc) is 3.25. The second-order valence-corrected chi connectivity index (χ2v) is 9.11. The minimum atomic E-state index is -0.182. The van der Waals surface area contributed by atoms with Crippen LogP contribution in [0.5, 0.6) is 0 Å². The van der Waals surface area contributed by atoms with Gasteiger partial charge in [0.1, 0.15) is 0 Å². The fourth-order valence-corrected chi connectivity index (χ4v) is 5.26. The highest BCUT2D eigenvalue weighted by Crippen LogP contribution is 2.38. The van der Waals surface area contributed by atoms with Gasteiger partial charge in [0.25, 0.3) is 5.56 Å². The topological polar surface area (TPSA) is 115 Å². The van der Waals surface area contributed by atoms with E-state index >= 15 is 0 Å². The molecule has 1 saturated heterocycles. The zero-order chi connectivity index (χ0) is 22.8. The molecule has 32 heavy (non-hydrogen) atoms. The van der Waals surface area contributed by atoms with Crippen LogP contribution in [0.3, 0.4) is 0 Å². The van der Waals surface area contributed by atoms with Gasteiger partial charge in [-0.05, 0) is 50.8 Å². The molecular formula is C25H34N6O. The van der Waals surface area contributed by atoms with Gasteiger partial charge in [0, 0.05) is 29.0 Å². The van der Waals surface area contributed by atoms with Crippen molar-refractivity contribution in [2.24, 2.45) is 5.73 Å². The molecule has 1 aromatic carbocycles. The predicted molar refractivity (Wildman–Crippen MR) is 130 cm³/mol. The number of amidine groups is 1. The van der Waals surface area contributed by atoms with E-state index in [4.69, 9.17) is 11.1 Å². The minimum Gasteiger partial charge on any atom is -0.381 e. The van der Waals surface area contributed by atoms with Gasteiger partial charge in [-0.15, -0.1) is 0 Å². The van der Waals surface area contributed by atoms with Gasteiger partial charge in [-0.3, -0.25) is 15.1 Å². The van der Waals surface area contributed by atoms with Crippen LogP contribution >= 0.6 is 0 Å². The van der Waals surface area contributed by atoms with Gasteiger partial charge in [0.05, 0.1) is 17.5 Å². The first-order chi connectivity index (χ1) is 15.4. The molecule has 1 aliphatic heterocycles. The Kier molecular flexibility index (Phi) is 6.46. The van der Waals surface area contributed by atoms with Crippen LogP contribution in [-0.2, 0) is 0 Å². The summed E-state index contributed by atoms with van der Waals surface area (Å²) >= 11 is 0. The number of pyridine rings is 1. The number of aromatic nitrogens is 3. The van der Waals surface area contributed by atoms with Gasteiger partial charge in [-0.1, -0.05) is 38.3 Å². The standard InChI is InChI=1S/C25H34N6O/c1-4-5-12-22(31-15(2)8-6-9-16(31)3)17-10-7-11-20-18(17)13-19(25(32)30-20)21-14-28-24(29-21)23(26)27/h7,10-11,13-16,22H,4-6,8-9,12H2,1-3H3,(H3,26,27)(H,28,29)(H,30,32). The molecule has 3 unspecified atom stereocenters. The van der Waals surface area contributed by atoms with Crippen LogP contribution in [-0.4, -0.2) is 37.8 Å². The number of aromatic amines is 2. The first-order valence-electron chi connectivity index (χ1n) is 11.7. The van der Waals surface area contributed by atoms with E-state index in [1.54, 1.807) is 6.20 Å². The van der Waals surface area contributed by atoms with E-state index in [1.807, 2.05) is 12.1 Å². The van der Waals surface area contributed by atoms with Crippen molar-refractivity contribution in [1.82, 2.24) is 19.9 Å². The highest BCUT2D eigenvalue weighted by atomic mass is 16.1. The van der Waals surface area contributed by atoms with Crippen LogP contribution in [0.4, 0.5) is 0 Å². The van der Waals surface area contributed by atoms with Crippen molar-refractivity contribution >= 4 is 16.7 Å². The average molecular weight is 435 g/mol. The molecule has 0 radical (unpaired) electrons. The lowest BCUT2D eigenvalue weighted by molar-refractivity contribution is 0.0496. The maximum absolute atomic E-state index is 12.9. The molecule has 3 heterocycles. The Hall–Kier alpha value is -2.93. The van der Waals surface area contributed by atoms with Crippen LogP contribution in [0.15, 0.2) is 35.3 Å². The third-order valence-corrected chi connectivity index (χ3v) is 6.85. The first kappa shape index (κ1) is 22.3. The summed E-state index contributed by atoms with van der Waals surface area (Å²) in [5.41, 5.74) is 8.56. The van der Waals surface area contributed by atoms with Crippen LogP contribution in [0.25, 0.3) is 22.2 Å². The number of unbranched alkanes of at least 4 members (excludes halogenated alkanes) is 1. The fourth-order valence-electron chi connectivity index (χ4n) is 5.26. The number of nitrogen functional groups attached to an aromatic ring is 1. The van der Waals surface area contributed by atoms with E-state index in [1.165, 1.54) is 24.8 Å². The molecule has 1 fully saturated rings. The number of fused-ring (bicyclic) bond motifs is 1. The SMILES string of the molecule is CCCCC(c1cccc2[nH]c(=O)c(-c3cnc(C(=N)N)[nH]3)cc12)N1C(C)CCCC1C. The van der Waals surface area contributed by atoms with Gasteiger partial charge in [-0.2, -0.15) is 0 Å². The number of likely N-dealkylation sites (tertiary alicyclic amines) is 1. The van der Waals surface area contributed by atoms with Gasteiger partial charge >= 0.3 is 0 Å². The number of piperidine rings is 1. The summed E-state index contributed by atoms with van der Waals surface area (Å²) < 4.78 is 0. The van der Waals surface area contributed by atoms with Crippen molar-refractivity contribution in [3.05, 3.63) is 52.2 Å². The van der Waals surface area contributed by atoms with Crippen LogP contribution in [0.1, 0.15) is 76.7 Å². The van der Waals surface area contributed by atoms with E-state index in [9.17, 15) is 4.79 Å². The van der Waals surface area contributed by atoms with Gasteiger partial charge in [0.2, 0.25) is 0 Å². The Bertz CT molecular complexity index is 1150. The number of hydrogen-bond donors (Lipinski definition) is 4. The summed E-state index contributed by atoms with van der Waals surface area (Å²) in [4.78, 5) is 25.8. The van der Waals surface area contributed by atoms with Gasteiger partial charge in [-0.25, -0.2) is 4.98 Å². The molecule has 0 spiro atoms. The van der Waals surface area contributed by atoms with Crippen LogP contribution in [0, 0.1) is 5.41 Å². The number of imidazole rings is 1. The van der Waals surface area contributed by atoms with E-state index in [-0.39, 0.29) is 17.2 Å². The molecule has 7 nitrogen and oxygen atoms in total. The van der Waals surface area contributed by atoms with Crippen molar-refractivity contribution in [1.29, 1.82) is 5.41 Å². The van der Waals surface area contributed by atoms with Crippen molar-refractivity contribution in [3.8, 4) is 11.3 Å². The number of H-pyrrole nitrogens is 2. The van der Waals surface area contributed by atoms with Gasteiger partial charge in [0.15, 0.2) is 11.7 Å². The monoisotopic (exact) mass is 434 g/mol. The smallest absolute Gasteiger partial charge is 0.257 e. The molecule has 0 bridgehead atoms. The molecule has 2 aromatic heterocycles. The van der Waals surface area contributed by atoms with Crippen molar-refractivity contribution < 1.29 is 0 Å². The second kappa shape index (κ2) is 9.28. The Labute approximate surface area is 189 Å². The number of hydrogen-bond acceptors (Lipinski definition) is 4. The molecule has 7 heteroatoms. The molecule has 3 atom stereocenters. The Morgan fingerprint density at radius 3 is 2.69 bits per heavy atom. The van der Waals surface area contributed by atoms with Crippen LogP contribution < -0.4 is 11.3 Å². The van der Waals surface area contributed by atoms with Crippen LogP contribution in [0.2, 0.25) is 0 Å². The molecule has 3 aromatic rings. The summed E-state index contributed by atoms with van der Waals surface area (Å²) in [5.74, 6) is 0.117. The third-order valence-electron chi connectivity index (χ3n) is 6.85. The van der Waals surface area contributed by atoms with Crippen molar-refractivity contribution in [2.75, 3.05) is 0 Å². The zero-order valence-electron chi connectivity index (χ0n) is 19.2. The molecular weight excluding hydrogens is 400 g/mol. The predicted octanol–water partition coefficient (Wildman–Crippen LogP) is 4.70. The number of benzene rings is 1. The summed E-state index contributed by atoms with van der Waals surface area (Å²) in [5, 5.41) is 8.66.